The molecule has 0 aromatic carbocycles. The molecule has 0 unspecified atom stereocenters. The number of pyridine rings is 1. The Bertz CT molecular complexity index is 484. The van der Waals surface area contributed by atoms with Gasteiger partial charge in [0.2, 0.25) is 5.88 Å². The van der Waals surface area contributed by atoms with Crippen LogP contribution in [0.3, 0.4) is 0 Å². The van der Waals surface area contributed by atoms with E-state index in [0.29, 0.717) is 5.56 Å². The van der Waals surface area contributed by atoms with Crippen molar-refractivity contribution in [3.63, 3.8) is 0 Å². The van der Waals surface area contributed by atoms with Crippen molar-refractivity contribution in [3.05, 3.63) is 29.5 Å². The molecule has 1 aromatic rings. The van der Waals surface area contributed by atoms with Crippen LogP contribution in [0.2, 0.25) is 0 Å². The maximum atomic E-state index is 11.5. The molecule has 0 radical (unpaired) electrons. The summed E-state index contributed by atoms with van der Waals surface area (Å²) in [6, 6.07) is 1.31. The van der Waals surface area contributed by atoms with Crippen molar-refractivity contribution in [2.75, 3.05) is 14.2 Å². The van der Waals surface area contributed by atoms with Gasteiger partial charge in [-0.2, -0.15) is 5.90 Å². The number of methoxy groups -OCH3 is 2. The number of aromatic nitrogens is 1. The van der Waals surface area contributed by atoms with E-state index in [4.69, 9.17) is 5.90 Å². The van der Waals surface area contributed by atoms with Crippen molar-refractivity contribution in [1.29, 1.82) is 0 Å². The SMILES string of the molecule is COC(=O)C=Cc1cnc(ON)cc1C(=O)OC. The Kier molecular flexibility index (Phi) is 4.82. The van der Waals surface area contributed by atoms with Crippen LogP contribution in [0, 0.1) is 0 Å². The monoisotopic (exact) mass is 252 g/mol. The summed E-state index contributed by atoms with van der Waals surface area (Å²) in [6.07, 6.45) is 3.87. The van der Waals surface area contributed by atoms with E-state index in [1.54, 1.807) is 0 Å². The number of rotatable bonds is 4. The van der Waals surface area contributed by atoms with Crippen LogP contribution in [-0.4, -0.2) is 31.1 Å². The van der Waals surface area contributed by atoms with Gasteiger partial charge < -0.3 is 14.3 Å². The van der Waals surface area contributed by atoms with Crippen molar-refractivity contribution in [3.8, 4) is 5.88 Å². The molecule has 0 saturated carbocycles. The van der Waals surface area contributed by atoms with Crippen LogP contribution in [0.15, 0.2) is 18.3 Å². The molecule has 0 aliphatic carbocycles. The Morgan fingerprint density at radius 2 is 2.06 bits per heavy atom. The van der Waals surface area contributed by atoms with Crippen LogP contribution in [0.1, 0.15) is 15.9 Å². The normalized spacial score (nSPS) is 10.2. The minimum absolute atomic E-state index is 0.0608. The average Bonchev–Trinajstić information content (AvgIpc) is 2.43. The number of nitrogens with two attached hydrogens (primary N) is 1. The smallest absolute Gasteiger partial charge is 0.338 e. The summed E-state index contributed by atoms with van der Waals surface area (Å²) in [6.45, 7) is 0. The van der Waals surface area contributed by atoms with Crippen molar-refractivity contribution in [2.45, 2.75) is 0 Å². The van der Waals surface area contributed by atoms with Gasteiger partial charge in [-0.15, -0.1) is 0 Å². The predicted octanol–water partition coefficient (Wildman–Crippen LogP) is 0.307. The standard InChI is InChI=1S/C11H12N2O5/c1-16-10(14)4-3-7-6-13-9(18-12)5-8(7)11(15)17-2/h3-6H,12H2,1-2H3. The summed E-state index contributed by atoms with van der Waals surface area (Å²) in [7, 11) is 2.48. The van der Waals surface area contributed by atoms with E-state index in [-0.39, 0.29) is 11.4 Å². The summed E-state index contributed by atoms with van der Waals surface area (Å²) in [5.41, 5.74) is 0.557. The molecule has 0 aliphatic rings. The zero-order valence-electron chi connectivity index (χ0n) is 9.88. The summed E-state index contributed by atoms with van der Waals surface area (Å²) in [4.78, 5) is 30.7. The third kappa shape index (κ3) is 3.29. The molecule has 1 aromatic heterocycles. The van der Waals surface area contributed by atoms with E-state index in [0.717, 1.165) is 6.08 Å². The number of hydrogen-bond donors (Lipinski definition) is 1. The topological polar surface area (TPSA) is 101 Å². The van der Waals surface area contributed by atoms with E-state index in [2.05, 4.69) is 19.3 Å². The first kappa shape index (κ1) is 13.7. The van der Waals surface area contributed by atoms with Crippen LogP contribution in [-0.2, 0) is 14.3 Å². The second-order valence-corrected chi connectivity index (χ2v) is 3.08. The van der Waals surface area contributed by atoms with Gasteiger partial charge in [0.15, 0.2) is 0 Å². The Hall–Kier alpha value is -2.41. The van der Waals surface area contributed by atoms with Gasteiger partial charge in [0.25, 0.3) is 0 Å². The highest BCUT2D eigenvalue weighted by molar-refractivity contribution is 5.95. The quantitative estimate of drug-likeness (QED) is 0.467. The van der Waals surface area contributed by atoms with E-state index in [1.165, 1.54) is 32.6 Å². The molecule has 7 nitrogen and oxygen atoms in total. The van der Waals surface area contributed by atoms with Crippen molar-refractivity contribution in [2.24, 2.45) is 5.90 Å². The molecule has 2 N–H and O–H groups in total. The van der Waals surface area contributed by atoms with Crippen molar-refractivity contribution >= 4 is 18.0 Å². The lowest BCUT2D eigenvalue weighted by Gasteiger charge is -2.05. The van der Waals surface area contributed by atoms with Gasteiger partial charge in [0, 0.05) is 23.9 Å². The Labute approximate surface area is 103 Å². The minimum Gasteiger partial charge on any atom is -0.466 e. The third-order valence-corrected chi connectivity index (χ3v) is 2.04. The van der Waals surface area contributed by atoms with Crippen LogP contribution in [0.4, 0.5) is 0 Å². The fourth-order valence-corrected chi connectivity index (χ4v) is 1.16. The van der Waals surface area contributed by atoms with Crippen LogP contribution < -0.4 is 10.7 Å². The van der Waals surface area contributed by atoms with Crippen LogP contribution >= 0.6 is 0 Å². The molecule has 1 heterocycles. The lowest BCUT2D eigenvalue weighted by molar-refractivity contribution is -0.134. The summed E-state index contributed by atoms with van der Waals surface area (Å²) >= 11 is 0. The van der Waals surface area contributed by atoms with E-state index < -0.39 is 11.9 Å². The van der Waals surface area contributed by atoms with E-state index >= 15 is 0 Å². The zero-order valence-corrected chi connectivity index (χ0v) is 9.88. The molecule has 0 saturated heterocycles. The van der Waals surface area contributed by atoms with Crippen molar-refractivity contribution in [1.82, 2.24) is 4.98 Å². The first-order valence-corrected chi connectivity index (χ1v) is 4.83. The molecule has 0 atom stereocenters. The number of ether oxygens (including phenoxy) is 2. The molecule has 0 bridgehead atoms. The lowest BCUT2D eigenvalue weighted by atomic mass is 10.1. The summed E-state index contributed by atoms with van der Waals surface area (Å²) < 4.78 is 9.03. The molecule has 0 spiro atoms. The molecule has 1 rings (SSSR count). The number of nitrogens with zero attached hydrogens (tertiary/aromatic N) is 1. The second kappa shape index (κ2) is 6.36. The lowest BCUT2D eigenvalue weighted by Crippen LogP contribution is -2.09. The number of carbonyl (C=O) groups is 2. The highest BCUT2D eigenvalue weighted by Crippen LogP contribution is 2.16. The molecule has 18 heavy (non-hydrogen) atoms. The molecule has 0 aliphatic heterocycles. The van der Waals surface area contributed by atoms with Gasteiger partial charge in [-0.25, -0.2) is 14.6 Å². The molecule has 0 amide bonds. The highest BCUT2D eigenvalue weighted by atomic mass is 16.6. The van der Waals surface area contributed by atoms with Crippen LogP contribution in [0.5, 0.6) is 5.88 Å². The maximum absolute atomic E-state index is 11.5. The fourth-order valence-electron chi connectivity index (χ4n) is 1.16. The first-order valence-electron chi connectivity index (χ1n) is 4.83. The average molecular weight is 252 g/mol. The number of hydrogen-bond acceptors (Lipinski definition) is 7. The number of carbonyl (C=O) groups excluding carboxylic acids is 2. The maximum Gasteiger partial charge on any atom is 0.338 e. The molecule has 0 fully saturated rings. The van der Waals surface area contributed by atoms with Gasteiger partial charge in [-0.1, -0.05) is 0 Å². The molecule has 96 valence electrons. The molecule has 7 heteroatoms. The van der Waals surface area contributed by atoms with Gasteiger partial charge in [0.05, 0.1) is 19.8 Å². The van der Waals surface area contributed by atoms with Gasteiger partial charge >= 0.3 is 11.9 Å². The number of esters is 2. The largest absolute Gasteiger partial charge is 0.466 e. The Morgan fingerprint density at radius 3 is 2.61 bits per heavy atom. The highest BCUT2D eigenvalue weighted by Gasteiger charge is 2.12. The summed E-state index contributed by atoms with van der Waals surface area (Å²) in [5.74, 6) is 3.86. The zero-order chi connectivity index (χ0) is 13.5. The van der Waals surface area contributed by atoms with Crippen molar-refractivity contribution < 1.29 is 23.9 Å². The minimum atomic E-state index is -0.597. The van der Waals surface area contributed by atoms with Gasteiger partial charge in [0.1, 0.15) is 0 Å². The Morgan fingerprint density at radius 1 is 1.33 bits per heavy atom. The molecular weight excluding hydrogens is 240 g/mol. The molecular formula is C11H12N2O5. The summed E-state index contributed by atoms with van der Waals surface area (Å²) in [5, 5.41) is 0. The van der Waals surface area contributed by atoms with Crippen LogP contribution in [0.25, 0.3) is 6.08 Å². The second-order valence-electron chi connectivity index (χ2n) is 3.08. The first-order chi connectivity index (χ1) is 8.62. The third-order valence-electron chi connectivity index (χ3n) is 2.04. The van der Waals surface area contributed by atoms with Gasteiger partial charge in [-0.3, -0.25) is 0 Å². The van der Waals surface area contributed by atoms with E-state index in [9.17, 15) is 9.59 Å². The van der Waals surface area contributed by atoms with Gasteiger partial charge in [-0.05, 0) is 6.08 Å². The fraction of sp³-hybridized carbons (Fsp3) is 0.182. The Balaban J connectivity index is 3.14. The predicted molar refractivity (Wildman–Crippen MR) is 61.4 cm³/mol. The van der Waals surface area contributed by atoms with E-state index in [1.807, 2.05) is 0 Å².